The molecule has 0 bridgehead atoms. The minimum absolute atomic E-state index is 0.795. The zero-order chi connectivity index (χ0) is 7.40. The maximum absolute atomic E-state index is 5.44. The predicted octanol–water partition coefficient (Wildman–Crippen LogP) is -0.179. The third-order valence-electron chi connectivity index (χ3n) is 2.04. The summed E-state index contributed by atoms with van der Waals surface area (Å²) < 4.78 is 0. The number of nitrogens with zero attached hydrogens (tertiary/aromatic N) is 2. The van der Waals surface area contributed by atoms with Crippen molar-refractivity contribution in [2.24, 2.45) is 0 Å². The van der Waals surface area contributed by atoms with Crippen molar-refractivity contribution in [1.29, 1.82) is 0 Å². The monoisotopic (exact) mass is 138 g/mol. The fourth-order valence-corrected chi connectivity index (χ4v) is 1.25. The summed E-state index contributed by atoms with van der Waals surface area (Å²) in [5, 5.41) is 0. The first-order valence-corrected chi connectivity index (χ1v) is 3.94. The van der Waals surface area contributed by atoms with Gasteiger partial charge in [0.25, 0.3) is 0 Å². The zero-order valence-corrected chi connectivity index (χ0v) is 6.71. The van der Waals surface area contributed by atoms with Crippen molar-refractivity contribution in [3.05, 3.63) is 0 Å². The van der Waals surface area contributed by atoms with Gasteiger partial charge in [0.05, 0.1) is 7.85 Å². The van der Waals surface area contributed by atoms with Crippen LogP contribution in [0.1, 0.15) is 0 Å². The molecule has 0 aromatic rings. The molecule has 10 heavy (non-hydrogen) atoms. The molecule has 1 saturated heterocycles. The minimum atomic E-state index is 0.795. The van der Waals surface area contributed by atoms with Crippen LogP contribution in [0.5, 0.6) is 0 Å². The molecule has 1 rings (SSSR count). The second-order valence-electron chi connectivity index (χ2n) is 2.93. The molecule has 1 aliphatic heterocycles. The van der Waals surface area contributed by atoms with Gasteiger partial charge in [-0.25, -0.2) is 0 Å². The Morgan fingerprint density at radius 1 is 1.20 bits per heavy atom. The lowest BCUT2D eigenvalue weighted by atomic mass is 10.0. The van der Waals surface area contributed by atoms with E-state index in [0.29, 0.717) is 0 Å². The Kier molecular flexibility index (Phi) is 3.22. The van der Waals surface area contributed by atoms with E-state index >= 15 is 0 Å². The van der Waals surface area contributed by atoms with Crippen LogP contribution in [0.2, 0.25) is 6.32 Å². The molecule has 0 N–H and O–H groups in total. The summed E-state index contributed by atoms with van der Waals surface area (Å²) in [6.45, 7) is 5.83. The summed E-state index contributed by atoms with van der Waals surface area (Å²) in [5.41, 5.74) is 0. The summed E-state index contributed by atoms with van der Waals surface area (Å²) in [5.74, 6) is 0. The molecule has 56 valence electrons. The van der Waals surface area contributed by atoms with Gasteiger partial charge in [-0.1, -0.05) is 6.32 Å². The fourth-order valence-electron chi connectivity index (χ4n) is 1.25. The SMILES string of the molecule is [B]CCN1CCN(C)CC1. The molecule has 1 aliphatic rings. The highest BCUT2D eigenvalue weighted by atomic mass is 15.2. The maximum atomic E-state index is 5.44. The van der Waals surface area contributed by atoms with E-state index in [1.807, 2.05) is 0 Å². The van der Waals surface area contributed by atoms with Crippen LogP contribution in [0.25, 0.3) is 0 Å². The maximum Gasteiger partial charge on any atom is 0.0670 e. The normalized spacial score (nSPS) is 23.3. The first-order chi connectivity index (χ1) is 4.83. The van der Waals surface area contributed by atoms with Gasteiger partial charge < -0.3 is 9.80 Å². The van der Waals surface area contributed by atoms with Gasteiger partial charge in [-0.05, 0) is 13.6 Å². The minimum Gasteiger partial charge on any atom is -0.304 e. The number of likely N-dealkylation sites (N-methyl/N-ethyl adjacent to an activating group) is 1. The van der Waals surface area contributed by atoms with Gasteiger partial charge in [0.2, 0.25) is 0 Å². The Bertz CT molecular complexity index is 89.6. The van der Waals surface area contributed by atoms with E-state index in [-0.39, 0.29) is 0 Å². The Labute approximate surface area is 64.6 Å². The Morgan fingerprint density at radius 3 is 2.30 bits per heavy atom. The van der Waals surface area contributed by atoms with Crippen LogP contribution >= 0.6 is 0 Å². The van der Waals surface area contributed by atoms with Gasteiger partial charge in [0, 0.05) is 26.2 Å². The van der Waals surface area contributed by atoms with E-state index < -0.39 is 0 Å². The number of hydrogen-bond acceptors (Lipinski definition) is 2. The van der Waals surface area contributed by atoms with Crippen LogP contribution in [0, 0.1) is 0 Å². The van der Waals surface area contributed by atoms with Crippen molar-refractivity contribution in [1.82, 2.24) is 9.80 Å². The van der Waals surface area contributed by atoms with Gasteiger partial charge in [0.15, 0.2) is 0 Å². The van der Waals surface area contributed by atoms with Gasteiger partial charge in [-0.15, -0.1) is 0 Å². The topological polar surface area (TPSA) is 6.48 Å². The first-order valence-electron chi connectivity index (χ1n) is 3.94. The summed E-state index contributed by atoms with van der Waals surface area (Å²) in [6, 6.07) is 0. The second kappa shape index (κ2) is 3.99. The molecule has 0 unspecified atom stereocenters. The van der Waals surface area contributed by atoms with Crippen molar-refractivity contribution >= 4 is 7.85 Å². The van der Waals surface area contributed by atoms with Crippen molar-refractivity contribution < 1.29 is 0 Å². The predicted molar refractivity (Wildman–Crippen MR) is 44.5 cm³/mol. The fraction of sp³-hybridized carbons (Fsp3) is 1.00. The highest BCUT2D eigenvalue weighted by molar-refractivity contribution is 6.08. The van der Waals surface area contributed by atoms with Crippen molar-refractivity contribution in [3.8, 4) is 0 Å². The van der Waals surface area contributed by atoms with E-state index in [4.69, 9.17) is 7.85 Å². The van der Waals surface area contributed by atoms with Crippen LogP contribution in [0.15, 0.2) is 0 Å². The van der Waals surface area contributed by atoms with Crippen LogP contribution in [0.3, 0.4) is 0 Å². The van der Waals surface area contributed by atoms with E-state index in [0.717, 1.165) is 12.9 Å². The quantitative estimate of drug-likeness (QED) is 0.488. The number of rotatable bonds is 2. The molecule has 2 nitrogen and oxygen atoms in total. The average Bonchev–Trinajstić information content (AvgIpc) is 1.95. The summed E-state index contributed by atoms with van der Waals surface area (Å²) >= 11 is 0. The molecule has 0 aromatic heterocycles. The summed E-state index contributed by atoms with van der Waals surface area (Å²) in [6.07, 6.45) is 0.795. The van der Waals surface area contributed by atoms with E-state index in [9.17, 15) is 0 Å². The van der Waals surface area contributed by atoms with Gasteiger partial charge in [-0.3, -0.25) is 0 Å². The molecular weight excluding hydrogens is 123 g/mol. The first kappa shape index (κ1) is 8.09. The Morgan fingerprint density at radius 2 is 1.80 bits per heavy atom. The van der Waals surface area contributed by atoms with E-state index in [2.05, 4.69) is 16.8 Å². The number of hydrogen-bond donors (Lipinski definition) is 0. The van der Waals surface area contributed by atoms with Crippen molar-refractivity contribution in [2.45, 2.75) is 6.32 Å². The van der Waals surface area contributed by atoms with Crippen LogP contribution < -0.4 is 0 Å². The van der Waals surface area contributed by atoms with E-state index in [1.54, 1.807) is 0 Å². The second-order valence-corrected chi connectivity index (χ2v) is 2.93. The Hall–Kier alpha value is -0.0151. The highest BCUT2D eigenvalue weighted by Gasteiger charge is 2.11. The van der Waals surface area contributed by atoms with Crippen LogP contribution in [-0.2, 0) is 0 Å². The molecule has 3 heteroatoms. The lowest BCUT2D eigenvalue weighted by molar-refractivity contribution is 0.160. The summed E-state index contributed by atoms with van der Waals surface area (Å²) in [4.78, 5) is 4.77. The van der Waals surface area contributed by atoms with Gasteiger partial charge in [0.1, 0.15) is 0 Å². The van der Waals surface area contributed by atoms with Gasteiger partial charge >= 0.3 is 0 Å². The van der Waals surface area contributed by atoms with Crippen molar-refractivity contribution in [3.63, 3.8) is 0 Å². The molecule has 1 heterocycles. The molecule has 0 saturated carbocycles. The molecule has 2 radical (unpaired) electrons. The smallest absolute Gasteiger partial charge is 0.0670 e. The van der Waals surface area contributed by atoms with Crippen molar-refractivity contribution in [2.75, 3.05) is 39.8 Å². The molecule has 0 aliphatic carbocycles. The van der Waals surface area contributed by atoms with Crippen LogP contribution in [0.4, 0.5) is 0 Å². The summed E-state index contributed by atoms with van der Waals surface area (Å²) in [7, 11) is 7.61. The molecule has 0 amide bonds. The Balaban J connectivity index is 2.13. The van der Waals surface area contributed by atoms with E-state index in [1.165, 1.54) is 26.2 Å². The lowest BCUT2D eigenvalue weighted by Crippen LogP contribution is -2.44. The molecule has 0 atom stereocenters. The molecule has 0 aromatic carbocycles. The molecular formula is C7H15BN2. The molecule has 1 fully saturated rings. The standard InChI is InChI=1S/C7H15BN2/c1-9-4-6-10(3-2-8)7-5-9/h2-7H2,1H3. The number of piperazine rings is 1. The average molecular weight is 138 g/mol. The largest absolute Gasteiger partial charge is 0.304 e. The third-order valence-corrected chi connectivity index (χ3v) is 2.04. The zero-order valence-electron chi connectivity index (χ0n) is 6.71. The van der Waals surface area contributed by atoms with Crippen LogP contribution in [-0.4, -0.2) is 57.4 Å². The molecule has 0 spiro atoms. The highest BCUT2D eigenvalue weighted by Crippen LogP contribution is 1.98. The third kappa shape index (κ3) is 2.31. The van der Waals surface area contributed by atoms with Gasteiger partial charge in [-0.2, -0.15) is 0 Å². The lowest BCUT2D eigenvalue weighted by Gasteiger charge is -2.32.